The molecule has 0 aliphatic carbocycles. The zero-order valence-corrected chi connectivity index (χ0v) is 22.6. The Hall–Kier alpha value is -2.94. The Morgan fingerprint density at radius 1 is 1.30 bits per heavy atom. The van der Waals surface area contributed by atoms with Gasteiger partial charge in [0.2, 0.25) is 11.9 Å². The molecule has 1 aliphatic heterocycles. The van der Waals surface area contributed by atoms with Gasteiger partial charge in [0.15, 0.2) is 5.84 Å². The summed E-state index contributed by atoms with van der Waals surface area (Å²) < 4.78 is 32.5. The molecule has 0 saturated carbocycles. The molecule has 37 heavy (non-hydrogen) atoms. The molecule has 0 unspecified atom stereocenters. The minimum absolute atomic E-state index is 0.0199. The van der Waals surface area contributed by atoms with Crippen LogP contribution < -0.4 is 16.4 Å². The van der Waals surface area contributed by atoms with E-state index in [1.165, 1.54) is 6.20 Å². The minimum Gasteiger partial charge on any atom is -0.378 e. The van der Waals surface area contributed by atoms with Gasteiger partial charge in [0.25, 0.3) is 6.43 Å². The third-order valence-electron chi connectivity index (χ3n) is 4.70. The number of carbonyl (C=O) groups excluding carboxylic acids is 1. The molecule has 12 nitrogen and oxygen atoms in total. The van der Waals surface area contributed by atoms with Crippen LogP contribution >= 0.6 is 0 Å². The minimum atomic E-state index is -2.85. The van der Waals surface area contributed by atoms with E-state index in [0.717, 1.165) is 19.4 Å². The summed E-state index contributed by atoms with van der Waals surface area (Å²) in [6.07, 6.45) is -0.816. The van der Waals surface area contributed by atoms with Gasteiger partial charge in [-0.15, -0.1) is 0 Å². The number of nitrogen functional groups attached to an aromatic ring is 1. The molecule has 2 rings (SSSR count). The van der Waals surface area contributed by atoms with Crippen molar-refractivity contribution in [1.29, 1.82) is 0 Å². The highest BCUT2D eigenvalue weighted by Crippen LogP contribution is 2.22. The largest absolute Gasteiger partial charge is 0.378 e. The number of aldehydes is 1. The molecule has 1 saturated heterocycles. The Labute approximate surface area is 218 Å². The maximum Gasteiger partial charge on any atom is 0.281 e. The number of nitrogens with zero attached hydrogens (tertiary/aromatic N) is 7. The van der Waals surface area contributed by atoms with Crippen LogP contribution in [0.15, 0.2) is 21.2 Å². The quantitative estimate of drug-likeness (QED) is 0.227. The number of morpholine rings is 1. The monoisotopic (exact) mass is 528 g/mol. The normalized spacial score (nSPS) is 14.0. The molecule has 0 radical (unpaired) electrons. The molecule has 0 spiro atoms. The van der Waals surface area contributed by atoms with Crippen LogP contribution in [0.3, 0.4) is 0 Å². The lowest BCUT2D eigenvalue weighted by atomic mass is 10.2. The molecule has 1 aromatic rings. The van der Waals surface area contributed by atoms with Crippen LogP contribution in [-0.2, 0) is 9.53 Å². The maximum atomic E-state index is 13.6. The summed E-state index contributed by atoms with van der Waals surface area (Å²) in [4.78, 5) is 33.7. The zero-order valence-electron chi connectivity index (χ0n) is 22.6. The van der Waals surface area contributed by atoms with Crippen LogP contribution in [0.1, 0.15) is 31.5 Å². The molecule has 1 aromatic heterocycles. The first-order chi connectivity index (χ1) is 17.9. The van der Waals surface area contributed by atoms with Gasteiger partial charge in [-0.05, 0) is 27.9 Å². The van der Waals surface area contributed by atoms with E-state index in [1.807, 2.05) is 32.8 Å². The number of guanidine groups is 1. The van der Waals surface area contributed by atoms with E-state index in [0.29, 0.717) is 45.9 Å². The second-order valence-electron chi connectivity index (χ2n) is 7.33. The van der Waals surface area contributed by atoms with Crippen molar-refractivity contribution in [3.05, 3.63) is 17.5 Å². The molecule has 0 aromatic carbocycles. The van der Waals surface area contributed by atoms with Gasteiger partial charge in [0.1, 0.15) is 12.0 Å². The van der Waals surface area contributed by atoms with E-state index >= 15 is 0 Å². The Morgan fingerprint density at radius 2 is 1.97 bits per heavy atom. The number of carbonyl (C=O) groups is 1. The van der Waals surface area contributed by atoms with Crippen molar-refractivity contribution in [2.75, 3.05) is 85.9 Å². The molecule has 2 heterocycles. The number of ether oxygens (including phenoxy) is 1. The fourth-order valence-electron chi connectivity index (χ4n) is 2.82. The van der Waals surface area contributed by atoms with Gasteiger partial charge in [-0.1, -0.05) is 13.8 Å². The van der Waals surface area contributed by atoms with Crippen molar-refractivity contribution >= 4 is 30.7 Å². The average molecular weight is 529 g/mol. The van der Waals surface area contributed by atoms with E-state index < -0.39 is 12.1 Å². The van der Waals surface area contributed by atoms with Gasteiger partial charge in [-0.25, -0.2) is 23.7 Å². The number of rotatable bonds is 10. The second kappa shape index (κ2) is 21.2. The number of nitrogens with two attached hydrogens (primary N) is 1. The van der Waals surface area contributed by atoms with Crippen LogP contribution in [-0.4, -0.2) is 125 Å². The first kappa shape index (κ1) is 34.1. The number of aliphatic imine (C=N–C) groups is 3. The van der Waals surface area contributed by atoms with Crippen molar-refractivity contribution in [3.8, 4) is 0 Å². The van der Waals surface area contributed by atoms with Crippen LogP contribution in [0.4, 0.5) is 14.7 Å². The summed E-state index contributed by atoms with van der Waals surface area (Å²) in [6, 6.07) is 0. The van der Waals surface area contributed by atoms with Crippen molar-refractivity contribution in [3.63, 3.8) is 0 Å². The third kappa shape index (κ3) is 13.8. The lowest BCUT2D eigenvalue weighted by molar-refractivity contribution is -0.107. The molecule has 210 valence electrons. The highest BCUT2D eigenvalue weighted by molar-refractivity contribution is 6.07. The molecule has 0 atom stereocenters. The number of amidine groups is 1. The zero-order chi connectivity index (χ0) is 28.1. The summed E-state index contributed by atoms with van der Waals surface area (Å²) in [6.45, 7) is 12.8. The Balaban J connectivity index is 0.00000165. The summed E-state index contributed by atoms with van der Waals surface area (Å²) in [5.41, 5.74) is 5.01. The predicted octanol–water partition coefficient (Wildman–Crippen LogP) is 0.714. The molecule has 14 heteroatoms. The van der Waals surface area contributed by atoms with Crippen LogP contribution in [0.5, 0.6) is 0 Å². The predicted molar refractivity (Wildman–Crippen MR) is 145 cm³/mol. The van der Waals surface area contributed by atoms with E-state index in [2.05, 4.69) is 47.2 Å². The standard InChI is InChI=1S/C18H29F2N9O.C3H7NO.C2H6/c1-22-4-6-28(3)7-5-24-16(13-12-25-17(21)26-14(13)15(19)20)27-18(23-2)29-8-10-30-11-9-29;1-4-2-3-5;1-2/h12,15,22H,2,4-11H2,1,3H3,(H2,21,25,26);3-4H,2H2,1H3;1-2H3. The molecule has 1 aliphatic rings. The lowest BCUT2D eigenvalue weighted by Gasteiger charge is -2.27. The van der Waals surface area contributed by atoms with Gasteiger partial charge >= 0.3 is 0 Å². The Morgan fingerprint density at radius 3 is 2.49 bits per heavy atom. The first-order valence-electron chi connectivity index (χ1n) is 12.1. The van der Waals surface area contributed by atoms with Gasteiger partial charge in [0, 0.05) is 38.9 Å². The summed E-state index contributed by atoms with van der Waals surface area (Å²) in [7, 11) is 5.56. The molecule has 0 bridgehead atoms. The SMILES string of the molecule is C=NC(=NC(=NCCN(C)CCNC)c1cnc(N)nc1C(F)F)N1CCOCC1.CC.CNCC=O. The first-order valence-corrected chi connectivity index (χ1v) is 12.1. The number of anilines is 1. The van der Waals surface area contributed by atoms with Crippen LogP contribution in [0.25, 0.3) is 0 Å². The third-order valence-corrected chi connectivity index (χ3v) is 4.70. The van der Waals surface area contributed by atoms with Crippen molar-refractivity contribution in [2.45, 2.75) is 20.3 Å². The number of hydrogen-bond acceptors (Lipinski definition) is 9. The number of likely N-dealkylation sites (N-methyl/N-ethyl adjacent to an activating group) is 3. The number of halogens is 2. The highest BCUT2D eigenvalue weighted by Gasteiger charge is 2.22. The van der Waals surface area contributed by atoms with Crippen molar-refractivity contribution < 1.29 is 18.3 Å². The van der Waals surface area contributed by atoms with Gasteiger partial charge in [-0.2, -0.15) is 4.99 Å². The van der Waals surface area contributed by atoms with Crippen LogP contribution in [0, 0.1) is 0 Å². The summed E-state index contributed by atoms with van der Waals surface area (Å²) >= 11 is 0. The number of nitrogens with one attached hydrogen (secondary N) is 2. The Kier molecular flexibility index (Phi) is 19.5. The fourth-order valence-corrected chi connectivity index (χ4v) is 2.82. The average Bonchev–Trinajstić information content (AvgIpc) is 2.92. The van der Waals surface area contributed by atoms with Crippen LogP contribution in [0.2, 0.25) is 0 Å². The molecule has 1 fully saturated rings. The second-order valence-corrected chi connectivity index (χ2v) is 7.33. The molecular weight excluding hydrogens is 486 g/mol. The topological polar surface area (TPSA) is 146 Å². The van der Waals surface area contributed by atoms with Gasteiger partial charge in [0.05, 0.1) is 31.9 Å². The number of alkyl halides is 2. The summed E-state index contributed by atoms with van der Waals surface area (Å²) in [5.74, 6) is 0.123. The molecule has 0 amide bonds. The smallest absolute Gasteiger partial charge is 0.281 e. The lowest BCUT2D eigenvalue weighted by Crippen LogP contribution is -2.40. The Bertz CT molecular complexity index is 834. The van der Waals surface area contributed by atoms with E-state index in [1.54, 1.807) is 7.05 Å². The number of aromatic nitrogens is 2. The van der Waals surface area contributed by atoms with E-state index in [9.17, 15) is 13.6 Å². The summed E-state index contributed by atoms with van der Waals surface area (Å²) in [5, 5.41) is 5.72. The molecule has 4 N–H and O–H groups in total. The fraction of sp³-hybridized carbons (Fsp3) is 0.652. The van der Waals surface area contributed by atoms with Crippen molar-refractivity contribution in [1.82, 2.24) is 30.4 Å². The number of hydrogen-bond donors (Lipinski definition) is 3. The van der Waals surface area contributed by atoms with Gasteiger partial charge < -0.3 is 35.7 Å². The maximum absolute atomic E-state index is 13.6. The molecular formula is C23H42F2N10O2. The van der Waals surface area contributed by atoms with E-state index in [-0.39, 0.29) is 23.3 Å². The van der Waals surface area contributed by atoms with Gasteiger partial charge in [-0.3, -0.25) is 4.99 Å². The van der Waals surface area contributed by atoms with E-state index in [4.69, 9.17) is 10.5 Å². The van der Waals surface area contributed by atoms with Crippen molar-refractivity contribution in [2.24, 2.45) is 15.0 Å². The highest BCUT2D eigenvalue weighted by atomic mass is 19.3.